The predicted octanol–water partition coefficient (Wildman–Crippen LogP) is 5.56. The third-order valence-electron chi connectivity index (χ3n) is 6.92. The van der Waals surface area contributed by atoms with E-state index in [9.17, 15) is 9.59 Å². The molecule has 1 heterocycles. The molecule has 0 radical (unpaired) electrons. The summed E-state index contributed by atoms with van der Waals surface area (Å²) >= 11 is 1.78. The van der Waals surface area contributed by atoms with Crippen LogP contribution in [0.1, 0.15) is 90.4 Å². The highest BCUT2D eigenvalue weighted by Crippen LogP contribution is 2.27. The van der Waals surface area contributed by atoms with Gasteiger partial charge in [-0.3, -0.25) is 9.59 Å². The minimum Gasteiger partial charge on any atom is -0.481 e. The molecule has 3 rings (SSSR count). The maximum Gasteiger partial charge on any atom is 0.303 e. The first-order valence-corrected chi connectivity index (χ1v) is 15.1. The Morgan fingerprint density at radius 1 is 0.971 bits per heavy atom. The Kier molecular flexibility index (Phi) is 15.0. The van der Waals surface area contributed by atoms with Gasteiger partial charge in [0.05, 0.1) is 0 Å². The van der Waals surface area contributed by atoms with Crippen LogP contribution < -0.4 is 10.6 Å². The van der Waals surface area contributed by atoms with Crippen LogP contribution >= 0.6 is 11.8 Å². The molecule has 2 aliphatic carbocycles. The van der Waals surface area contributed by atoms with E-state index < -0.39 is 5.97 Å². The molecule has 1 aliphatic heterocycles. The Balaban J connectivity index is 0.000000527. The summed E-state index contributed by atoms with van der Waals surface area (Å²) < 4.78 is 0. The first-order valence-electron chi connectivity index (χ1n) is 13.9. The number of nitrogens with zero attached hydrogens (tertiary/aromatic N) is 1. The van der Waals surface area contributed by atoms with Crippen LogP contribution in [0.25, 0.3) is 0 Å². The van der Waals surface area contributed by atoms with Gasteiger partial charge in [0.15, 0.2) is 0 Å². The molecular formula is C28H49N3O3S. The maximum atomic E-state index is 12.6. The number of nitrogens with one attached hydrogen (secondary N) is 2. The Bertz CT molecular complexity index is 671. The molecule has 3 aliphatic rings. The molecule has 200 valence electrons. The number of thioether (sulfide) groups is 1. The van der Waals surface area contributed by atoms with Crippen LogP contribution in [-0.4, -0.2) is 60.1 Å². The molecule has 1 saturated heterocycles. The summed E-state index contributed by atoms with van der Waals surface area (Å²) in [5.41, 5.74) is 0.797. The number of aliphatic carboxylic acids is 1. The van der Waals surface area contributed by atoms with Crippen molar-refractivity contribution in [2.45, 2.75) is 90.4 Å². The number of hydrogen-bond acceptors (Lipinski definition) is 5. The van der Waals surface area contributed by atoms with Gasteiger partial charge in [0.25, 0.3) is 0 Å². The molecule has 3 fully saturated rings. The van der Waals surface area contributed by atoms with Gasteiger partial charge in [-0.05, 0) is 61.8 Å². The second-order valence-corrected chi connectivity index (χ2v) is 11.3. The first-order chi connectivity index (χ1) is 17.0. The van der Waals surface area contributed by atoms with Gasteiger partial charge in [0, 0.05) is 44.4 Å². The summed E-state index contributed by atoms with van der Waals surface area (Å²) in [6.07, 6.45) is 20.1. The van der Waals surface area contributed by atoms with E-state index in [0.717, 1.165) is 56.0 Å². The Labute approximate surface area is 217 Å². The molecule has 35 heavy (non-hydrogen) atoms. The fourth-order valence-corrected chi connectivity index (χ4v) is 5.53. The molecule has 7 heteroatoms. The number of carbonyl (C=O) groups excluding carboxylic acids is 1. The Morgan fingerprint density at radius 3 is 2.17 bits per heavy atom. The summed E-state index contributed by atoms with van der Waals surface area (Å²) in [5, 5.41) is 15.4. The van der Waals surface area contributed by atoms with Crippen molar-refractivity contribution in [2.75, 3.05) is 38.2 Å². The van der Waals surface area contributed by atoms with E-state index in [-0.39, 0.29) is 18.2 Å². The number of likely N-dealkylation sites (tertiary alicyclic amines) is 1. The van der Waals surface area contributed by atoms with Gasteiger partial charge in [-0.25, -0.2) is 0 Å². The van der Waals surface area contributed by atoms with E-state index >= 15 is 0 Å². The number of rotatable bonds is 12. The lowest BCUT2D eigenvalue weighted by Gasteiger charge is -2.35. The van der Waals surface area contributed by atoms with Crippen molar-refractivity contribution >= 4 is 23.6 Å². The number of carbonyl (C=O) groups is 2. The molecule has 0 aromatic carbocycles. The number of amides is 1. The zero-order valence-corrected chi connectivity index (χ0v) is 23.0. The normalized spacial score (nSPS) is 21.4. The van der Waals surface area contributed by atoms with Crippen LogP contribution in [0, 0.1) is 11.8 Å². The van der Waals surface area contributed by atoms with Gasteiger partial charge < -0.3 is 20.6 Å². The van der Waals surface area contributed by atoms with Gasteiger partial charge in [-0.2, -0.15) is 11.8 Å². The Morgan fingerprint density at radius 2 is 1.63 bits per heavy atom. The number of hydrogen-bond donors (Lipinski definition) is 3. The molecule has 0 spiro atoms. The van der Waals surface area contributed by atoms with Gasteiger partial charge >= 0.3 is 5.97 Å². The highest BCUT2D eigenvalue weighted by Gasteiger charge is 2.24. The lowest BCUT2D eigenvalue weighted by atomic mass is 9.95. The van der Waals surface area contributed by atoms with Gasteiger partial charge in [-0.1, -0.05) is 51.9 Å². The van der Waals surface area contributed by atoms with Gasteiger partial charge in [-0.15, -0.1) is 0 Å². The van der Waals surface area contributed by atoms with Crippen LogP contribution in [0.15, 0.2) is 23.5 Å². The third-order valence-corrected chi connectivity index (χ3v) is 8.13. The quantitative estimate of drug-likeness (QED) is 0.139. The topological polar surface area (TPSA) is 81.7 Å². The van der Waals surface area contributed by atoms with Crippen molar-refractivity contribution in [3.8, 4) is 0 Å². The summed E-state index contributed by atoms with van der Waals surface area (Å²) in [6, 6.07) is 0. The number of piperidine rings is 1. The Hall–Kier alpha value is -1.63. The maximum absolute atomic E-state index is 12.6. The fraction of sp³-hybridized carbons (Fsp3) is 0.786. The van der Waals surface area contributed by atoms with Crippen molar-refractivity contribution in [3.05, 3.63) is 23.5 Å². The zero-order valence-electron chi connectivity index (χ0n) is 22.2. The summed E-state index contributed by atoms with van der Waals surface area (Å²) in [5.74, 6) is 2.83. The van der Waals surface area contributed by atoms with Crippen LogP contribution in [0.5, 0.6) is 0 Å². The monoisotopic (exact) mass is 507 g/mol. The minimum atomic E-state index is -0.732. The molecule has 2 saturated carbocycles. The standard InChI is InChI=1S/C21H35N3O3S.C7H14/c1-3-11-28-15-18(21(27)23-13-16-6-7-16)8-9-19(22-2)24-10-4-5-17(14-24)12-20(25)26;1-2-4-6-7-5-3-1/h8-9,16-17,22H,3-7,10-15H2,1-2H3,(H,23,27)(H,25,26);1-7H2/b18-8+,19-9+;. The van der Waals surface area contributed by atoms with E-state index in [0.29, 0.717) is 11.7 Å². The number of carboxylic acids is 1. The van der Waals surface area contributed by atoms with Crippen LogP contribution in [0.2, 0.25) is 0 Å². The molecule has 1 unspecified atom stereocenters. The fourth-order valence-electron chi connectivity index (χ4n) is 4.65. The molecule has 3 N–H and O–H groups in total. The van der Waals surface area contributed by atoms with Crippen molar-refractivity contribution in [1.82, 2.24) is 15.5 Å². The predicted molar refractivity (Wildman–Crippen MR) is 147 cm³/mol. The molecule has 1 amide bonds. The van der Waals surface area contributed by atoms with Gasteiger partial charge in [0.1, 0.15) is 5.82 Å². The number of carboxylic acid groups (broad SMARTS) is 1. The smallest absolute Gasteiger partial charge is 0.303 e. The first kappa shape index (κ1) is 29.6. The van der Waals surface area contributed by atoms with E-state index in [1.54, 1.807) is 11.8 Å². The molecular weight excluding hydrogens is 458 g/mol. The zero-order chi connectivity index (χ0) is 25.3. The lowest BCUT2D eigenvalue weighted by Crippen LogP contribution is -2.39. The average molecular weight is 508 g/mol. The highest BCUT2D eigenvalue weighted by atomic mass is 32.2. The lowest BCUT2D eigenvalue weighted by molar-refractivity contribution is -0.138. The van der Waals surface area contributed by atoms with E-state index in [4.69, 9.17) is 5.11 Å². The van der Waals surface area contributed by atoms with Crippen molar-refractivity contribution in [2.24, 2.45) is 11.8 Å². The van der Waals surface area contributed by atoms with Crippen molar-refractivity contribution < 1.29 is 14.7 Å². The molecule has 1 atom stereocenters. The minimum absolute atomic E-state index is 0.0320. The second kappa shape index (κ2) is 17.7. The molecule has 6 nitrogen and oxygen atoms in total. The second-order valence-electron chi connectivity index (χ2n) is 10.2. The van der Waals surface area contributed by atoms with E-state index in [2.05, 4.69) is 22.5 Å². The molecule has 0 aromatic rings. The van der Waals surface area contributed by atoms with Crippen LogP contribution in [-0.2, 0) is 9.59 Å². The molecule has 0 aromatic heterocycles. The van der Waals surface area contributed by atoms with Gasteiger partial charge in [0.2, 0.25) is 5.91 Å². The summed E-state index contributed by atoms with van der Waals surface area (Å²) in [7, 11) is 1.87. The van der Waals surface area contributed by atoms with Crippen molar-refractivity contribution in [1.29, 1.82) is 0 Å². The SMILES string of the molecule is C1CCCCCC1.CCCSC/C(=C\C=C(/NC)N1CCCC(CC(=O)O)C1)C(=O)NCC1CC1. The van der Waals surface area contributed by atoms with Crippen molar-refractivity contribution in [3.63, 3.8) is 0 Å². The summed E-state index contributed by atoms with van der Waals surface area (Å²) in [6.45, 7) is 4.57. The van der Waals surface area contributed by atoms with E-state index in [1.807, 2.05) is 19.2 Å². The average Bonchev–Trinajstić information content (AvgIpc) is 3.70. The highest BCUT2D eigenvalue weighted by molar-refractivity contribution is 7.99. The summed E-state index contributed by atoms with van der Waals surface area (Å²) in [4.78, 5) is 25.8. The molecule has 0 bridgehead atoms. The van der Waals surface area contributed by atoms with E-state index in [1.165, 1.54) is 57.8 Å². The third kappa shape index (κ3) is 13.3. The van der Waals surface area contributed by atoms with Crippen LogP contribution in [0.4, 0.5) is 0 Å². The number of allylic oxidation sites excluding steroid dienone is 2. The van der Waals surface area contributed by atoms with Crippen LogP contribution in [0.3, 0.4) is 0 Å². The largest absolute Gasteiger partial charge is 0.481 e.